The maximum atomic E-state index is 13.0. The van der Waals surface area contributed by atoms with E-state index in [0.29, 0.717) is 31.4 Å². The summed E-state index contributed by atoms with van der Waals surface area (Å²) in [5.74, 6) is 0.0768. The zero-order valence-corrected chi connectivity index (χ0v) is 14.5. The topological polar surface area (TPSA) is 61.8 Å². The fourth-order valence-corrected chi connectivity index (χ4v) is 3.57. The summed E-state index contributed by atoms with van der Waals surface area (Å²) in [6.45, 7) is 1.84. The molecule has 1 aromatic rings. The number of nitrogens with one attached hydrogen (secondary N) is 1. The number of amides is 1. The number of aliphatic hydroxyl groups is 1. The van der Waals surface area contributed by atoms with E-state index in [1.165, 1.54) is 19.3 Å². The normalized spacial score (nSPS) is 20.2. The number of carbonyl (C=O) groups is 1. The average Bonchev–Trinajstić information content (AvgIpc) is 2.61. The van der Waals surface area contributed by atoms with Crippen LogP contribution in [0.25, 0.3) is 0 Å². The molecular weight excluding hydrogens is 304 g/mol. The van der Waals surface area contributed by atoms with Crippen molar-refractivity contribution in [3.8, 4) is 0 Å². The lowest BCUT2D eigenvalue weighted by Crippen LogP contribution is -2.50. The smallest absolute Gasteiger partial charge is 0.255 e. The van der Waals surface area contributed by atoms with Crippen molar-refractivity contribution < 1.29 is 14.6 Å². The monoisotopic (exact) mass is 332 g/mol. The highest BCUT2D eigenvalue weighted by Gasteiger charge is 2.38. The Hall–Kier alpha value is -1.59. The standard InChI is InChI=1S/C19H28N2O3/c1-21(15-7-3-2-4-8-15)18(23)16-9-5-6-10-17(16)20-11-19(12-22)13-24-14-19/h5-6,9-10,15,20,22H,2-4,7-8,11-14H2,1H3. The maximum absolute atomic E-state index is 13.0. The predicted molar refractivity (Wildman–Crippen MR) is 94.2 cm³/mol. The molecule has 1 heterocycles. The molecule has 132 valence electrons. The van der Waals surface area contributed by atoms with Gasteiger partial charge in [0.15, 0.2) is 0 Å². The van der Waals surface area contributed by atoms with Crippen molar-refractivity contribution in [1.82, 2.24) is 4.90 Å². The van der Waals surface area contributed by atoms with Crippen molar-refractivity contribution >= 4 is 11.6 Å². The molecule has 0 spiro atoms. The molecule has 0 unspecified atom stereocenters. The van der Waals surface area contributed by atoms with Crippen molar-refractivity contribution in [2.24, 2.45) is 5.41 Å². The number of para-hydroxylation sites is 1. The van der Waals surface area contributed by atoms with E-state index in [2.05, 4.69) is 5.32 Å². The van der Waals surface area contributed by atoms with E-state index in [9.17, 15) is 9.90 Å². The van der Waals surface area contributed by atoms with Crippen LogP contribution in [0.3, 0.4) is 0 Å². The molecule has 0 radical (unpaired) electrons. The van der Waals surface area contributed by atoms with Crippen molar-refractivity contribution in [2.45, 2.75) is 38.1 Å². The van der Waals surface area contributed by atoms with Gasteiger partial charge in [0.05, 0.1) is 30.8 Å². The molecule has 1 aliphatic heterocycles. The zero-order valence-electron chi connectivity index (χ0n) is 14.5. The van der Waals surface area contributed by atoms with Gasteiger partial charge >= 0.3 is 0 Å². The number of hydrogen-bond donors (Lipinski definition) is 2. The molecule has 2 N–H and O–H groups in total. The molecule has 2 aliphatic rings. The number of benzene rings is 1. The van der Waals surface area contributed by atoms with Crippen LogP contribution >= 0.6 is 0 Å². The SMILES string of the molecule is CN(C(=O)c1ccccc1NCC1(CO)COC1)C1CCCCC1. The lowest BCUT2D eigenvalue weighted by Gasteiger charge is -2.40. The minimum atomic E-state index is -0.217. The third-order valence-electron chi connectivity index (χ3n) is 5.41. The first kappa shape index (κ1) is 17.2. The van der Waals surface area contributed by atoms with Gasteiger partial charge in [-0.2, -0.15) is 0 Å². The molecule has 1 saturated heterocycles. The number of ether oxygens (including phenoxy) is 1. The van der Waals surface area contributed by atoms with Gasteiger partial charge in [0.2, 0.25) is 0 Å². The Bertz CT molecular complexity index is 560. The van der Waals surface area contributed by atoms with Crippen LogP contribution in [-0.2, 0) is 4.74 Å². The molecule has 0 bridgehead atoms. The summed E-state index contributed by atoms with van der Waals surface area (Å²) in [6, 6.07) is 8.01. The van der Waals surface area contributed by atoms with Crippen LogP contribution in [-0.4, -0.2) is 55.4 Å². The minimum Gasteiger partial charge on any atom is -0.396 e. The second kappa shape index (κ2) is 7.53. The van der Waals surface area contributed by atoms with Gasteiger partial charge in [-0.3, -0.25) is 4.79 Å². The fraction of sp³-hybridized carbons (Fsp3) is 0.632. The summed E-state index contributed by atoms with van der Waals surface area (Å²) < 4.78 is 5.24. The summed E-state index contributed by atoms with van der Waals surface area (Å²) in [5.41, 5.74) is 1.33. The number of anilines is 1. The number of carbonyl (C=O) groups excluding carboxylic acids is 1. The Morgan fingerprint density at radius 1 is 1.29 bits per heavy atom. The van der Waals surface area contributed by atoms with E-state index in [1.807, 2.05) is 36.2 Å². The van der Waals surface area contributed by atoms with Crippen molar-refractivity contribution in [3.63, 3.8) is 0 Å². The Morgan fingerprint density at radius 2 is 2.00 bits per heavy atom. The minimum absolute atomic E-state index is 0.0768. The molecule has 1 amide bonds. The first-order valence-electron chi connectivity index (χ1n) is 8.94. The third kappa shape index (κ3) is 3.57. The summed E-state index contributed by atoms with van der Waals surface area (Å²) >= 11 is 0. The third-order valence-corrected chi connectivity index (χ3v) is 5.41. The molecule has 0 atom stereocenters. The first-order chi connectivity index (χ1) is 11.7. The number of rotatable bonds is 6. The number of hydrogen-bond acceptors (Lipinski definition) is 4. The molecule has 1 saturated carbocycles. The van der Waals surface area contributed by atoms with Crippen LogP contribution in [0.2, 0.25) is 0 Å². The number of nitrogens with zero attached hydrogens (tertiary/aromatic N) is 1. The van der Waals surface area contributed by atoms with E-state index in [0.717, 1.165) is 18.5 Å². The Labute approximate surface area is 144 Å². The fourth-order valence-electron chi connectivity index (χ4n) is 3.57. The Balaban J connectivity index is 1.69. The van der Waals surface area contributed by atoms with Gasteiger partial charge in [-0.05, 0) is 25.0 Å². The second-order valence-corrected chi connectivity index (χ2v) is 7.26. The predicted octanol–water partition coefficient (Wildman–Crippen LogP) is 2.51. The van der Waals surface area contributed by atoms with Crippen LogP contribution in [0.1, 0.15) is 42.5 Å². The largest absolute Gasteiger partial charge is 0.396 e. The highest BCUT2D eigenvalue weighted by Crippen LogP contribution is 2.29. The molecule has 5 nitrogen and oxygen atoms in total. The number of aliphatic hydroxyl groups excluding tert-OH is 1. The van der Waals surface area contributed by atoms with E-state index in [1.54, 1.807) is 0 Å². The van der Waals surface area contributed by atoms with Crippen molar-refractivity contribution in [2.75, 3.05) is 38.7 Å². The van der Waals surface area contributed by atoms with Gasteiger partial charge in [-0.25, -0.2) is 0 Å². The molecular formula is C19H28N2O3. The first-order valence-corrected chi connectivity index (χ1v) is 8.94. The molecule has 1 aromatic carbocycles. The summed E-state index contributed by atoms with van der Waals surface area (Å²) in [6.07, 6.45) is 5.90. The van der Waals surface area contributed by atoms with Crippen LogP contribution in [0.4, 0.5) is 5.69 Å². The molecule has 5 heteroatoms. The van der Waals surface area contributed by atoms with Crippen LogP contribution in [0.5, 0.6) is 0 Å². The van der Waals surface area contributed by atoms with Gasteiger partial charge in [-0.1, -0.05) is 31.4 Å². The van der Waals surface area contributed by atoms with Crippen LogP contribution < -0.4 is 5.32 Å². The summed E-state index contributed by atoms with van der Waals surface area (Å²) in [5, 5.41) is 12.9. The molecule has 3 rings (SSSR count). The molecule has 2 fully saturated rings. The molecule has 0 aromatic heterocycles. The van der Waals surface area contributed by atoms with Crippen LogP contribution in [0.15, 0.2) is 24.3 Å². The molecule has 24 heavy (non-hydrogen) atoms. The summed E-state index contributed by atoms with van der Waals surface area (Å²) in [7, 11) is 1.92. The van der Waals surface area contributed by atoms with Gasteiger partial charge in [-0.15, -0.1) is 0 Å². The highest BCUT2D eigenvalue weighted by atomic mass is 16.5. The van der Waals surface area contributed by atoms with Gasteiger partial charge in [0, 0.05) is 25.3 Å². The molecule has 1 aliphatic carbocycles. The Morgan fingerprint density at radius 3 is 2.62 bits per heavy atom. The maximum Gasteiger partial charge on any atom is 0.255 e. The van der Waals surface area contributed by atoms with Gasteiger partial charge in [0.1, 0.15) is 0 Å². The lowest BCUT2D eigenvalue weighted by molar-refractivity contribution is -0.128. The quantitative estimate of drug-likeness (QED) is 0.840. The van der Waals surface area contributed by atoms with Gasteiger partial charge in [0.25, 0.3) is 5.91 Å². The lowest BCUT2D eigenvalue weighted by atomic mass is 9.87. The van der Waals surface area contributed by atoms with E-state index in [4.69, 9.17) is 4.74 Å². The van der Waals surface area contributed by atoms with E-state index < -0.39 is 0 Å². The second-order valence-electron chi connectivity index (χ2n) is 7.26. The Kier molecular flexibility index (Phi) is 5.41. The van der Waals surface area contributed by atoms with Crippen LogP contribution in [0, 0.1) is 5.41 Å². The average molecular weight is 332 g/mol. The zero-order chi connectivity index (χ0) is 17.0. The van der Waals surface area contributed by atoms with Crippen molar-refractivity contribution in [1.29, 1.82) is 0 Å². The van der Waals surface area contributed by atoms with Crippen molar-refractivity contribution in [3.05, 3.63) is 29.8 Å². The van der Waals surface area contributed by atoms with E-state index in [-0.39, 0.29) is 17.9 Å². The highest BCUT2D eigenvalue weighted by molar-refractivity contribution is 5.99. The summed E-state index contributed by atoms with van der Waals surface area (Å²) in [4.78, 5) is 14.9. The van der Waals surface area contributed by atoms with Gasteiger partial charge < -0.3 is 20.1 Å². The van der Waals surface area contributed by atoms with E-state index >= 15 is 0 Å².